The molecule has 0 aliphatic heterocycles. The van der Waals surface area contributed by atoms with E-state index in [2.05, 4.69) is 21.0 Å². The first kappa shape index (κ1) is 17.9. The zero-order valence-electron chi connectivity index (χ0n) is 16.4. The number of para-hydroxylation sites is 3. The van der Waals surface area contributed by atoms with Gasteiger partial charge >= 0.3 is 0 Å². The quantitative estimate of drug-likeness (QED) is 0.482. The number of amides is 1. The largest absolute Gasteiger partial charge is 0.327 e. The molecule has 5 rings (SSSR count). The van der Waals surface area contributed by atoms with Crippen molar-refractivity contribution in [3.05, 3.63) is 96.8 Å². The van der Waals surface area contributed by atoms with Gasteiger partial charge in [-0.15, -0.1) is 0 Å². The maximum Gasteiger partial charge on any atom is 0.276 e. The molecule has 5 aromatic rings. The van der Waals surface area contributed by atoms with Crippen molar-refractivity contribution >= 4 is 22.6 Å². The molecule has 0 unspecified atom stereocenters. The minimum absolute atomic E-state index is 0.250. The maximum atomic E-state index is 12.6. The molecule has 1 amide bonds. The van der Waals surface area contributed by atoms with E-state index in [-0.39, 0.29) is 5.91 Å². The Morgan fingerprint density at radius 1 is 0.867 bits per heavy atom. The third-order valence-corrected chi connectivity index (χ3v) is 5.03. The Morgan fingerprint density at radius 3 is 2.37 bits per heavy atom. The number of carbonyl (C=O) groups excluding carboxylic acids is 1. The highest BCUT2D eigenvalue weighted by molar-refractivity contribution is 6.02. The fourth-order valence-electron chi connectivity index (χ4n) is 3.47. The van der Waals surface area contributed by atoms with Crippen molar-refractivity contribution in [2.45, 2.75) is 0 Å². The molecule has 0 spiro atoms. The van der Waals surface area contributed by atoms with Crippen LogP contribution in [0.4, 0.5) is 5.69 Å². The Kier molecular flexibility index (Phi) is 4.37. The monoisotopic (exact) mass is 393 g/mol. The number of aryl methyl sites for hydroxylation is 1. The first-order chi connectivity index (χ1) is 14.7. The normalized spacial score (nSPS) is 11.0. The second-order valence-corrected chi connectivity index (χ2v) is 7.00. The SMILES string of the molecule is Cn1c(-c2ccc(NC(=O)c3ccn(-c4ccccc4)n3)cc2)nc2ccccc21. The van der Waals surface area contributed by atoms with Gasteiger partial charge in [0.15, 0.2) is 5.69 Å². The van der Waals surface area contributed by atoms with E-state index < -0.39 is 0 Å². The number of hydrogen-bond donors (Lipinski definition) is 1. The van der Waals surface area contributed by atoms with Crippen LogP contribution in [0.25, 0.3) is 28.1 Å². The molecule has 0 radical (unpaired) electrons. The number of benzene rings is 3. The predicted octanol–water partition coefficient (Wildman–Crippen LogP) is 4.68. The van der Waals surface area contributed by atoms with Crippen LogP contribution in [0.5, 0.6) is 0 Å². The molecule has 0 saturated heterocycles. The number of fused-ring (bicyclic) bond motifs is 1. The van der Waals surface area contributed by atoms with Crippen molar-refractivity contribution < 1.29 is 4.79 Å². The molecule has 0 aliphatic rings. The molecule has 0 aliphatic carbocycles. The Hall–Kier alpha value is -4.19. The Bertz CT molecular complexity index is 1330. The van der Waals surface area contributed by atoms with Gasteiger partial charge in [0.25, 0.3) is 5.91 Å². The highest BCUT2D eigenvalue weighted by Gasteiger charge is 2.12. The van der Waals surface area contributed by atoms with Gasteiger partial charge in [-0.25, -0.2) is 9.67 Å². The van der Waals surface area contributed by atoms with E-state index in [4.69, 9.17) is 4.98 Å². The van der Waals surface area contributed by atoms with Crippen LogP contribution < -0.4 is 5.32 Å². The lowest BCUT2D eigenvalue weighted by molar-refractivity contribution is 0.102. The predicted molar refractivity (Wildman–Crippen MR) is 118 cm³/mol. The topological polar surface area (TPSA) is 64.7 Å². The Labute approximate surface area is 173 Å². The molecule has 0 atom stereocenters. The van der Waals surface area contributed by atoms with Crippen LogP contribution in [0.15, 0.2) is 91.1 Å². The summed E-state index contributed by atoms with van der Waals surface area (Å²) in [6.07, 6.45) is 1.78. The number of nitrogens with one attached hydrogen (secondary N) is 1. The maximum absolute atomic E-state index is 12.6. The molecule has 6 heteroatoms. The van der Waals surface area contributed by atoms with Crippen LogP contribution in [0.1, 0.15) is 10.5 Å². The van der Waals surface area contributed by atoms with E-state index in [0.717, 1.165) is 28.1 Å². The fraction of sp³-hybridized carbons (Fsp3) is 0.0417. The molecule has 0 fully saturated rings. The molecular formula is C24H19N5O. The van der Waals surface area contributed by atoms with Gasteiger partial charge < -0.3 is 9.88 Å². The van der Waals surface area contributed by atoms with Crippen LogP contribution in [-0.4, -0.2) is 25.2 Å². The van der Waals surface area contributed by atoms with E-state index in [1.165, 1.54) is 0 Å². The summed E-state index contributed by atoms with van der Waals surface area (Å²) in [5, 5.41) is 7.27. The number of imidazole rings is 1. The van der Waals surface area contributed by atoms with E-state index in [1.807, 2.05) is 79.8 Å². The third kappa shape index (κ3) is 3.24. The van der Waals surface area contributed by atoms with Gasteiger partial charge in [0.1, 0.15) is 5.82 Å². The van der Waals surface area contributed by atoms with Crippen molar-refractivity contribution in [2.24, 2.45) is 7.05 Å². The van der Waals surface area contributed by atoms with Crippen LogP contribution in [0.3, 0.4) is 0 Å². The van der Waals surface area contributed by atoms with E-state index in [9.17, 15) is 4.79 Å². The average molecular weight is 393 g/mol. The van der Waals surface area contributed by atoms with E-state index in [0.29, 0.717) is 11.4 Å². The van der Waals surface area contributed by atoms with Gasteiger partial charge in [0.2, 0.25) is 0 Å². The second-order valence-electron chi connectivity index (χ2n) is 7.00. The van der Waals surface area contributed by atoms with Crippen LogP contribution >= 0.6 is 0 Å². The number of hydrogen-bond acceptors (Lipinski definition) is 3. The minimum atomic E-state index is -0.250. The number of aromatic nitrogens is 4. The summed E-state index contributed by atoms with van der Waals surface area (Å²) in [4.78, 5) is 17.3. The van der Waals surface area contributed by atoms with Gasteiger partial charge in [0.05, 0.1) is 16.7 Å². The lowest BCUT2D eigenvalue weighted by Crippen LogP contribution is -2.13. The average Bonchev–Trinajstić information content (AvgIpc) is 3.41. The summed E-state index contributed by atoms with van der Waals surface area (Å²) >= 11 is 0. The van der Waals surface area contributed by atoms with Crippen LogP contribution in [0, 0.1) is 0 Å². The number of carbonyl (C=O) groups is 1. The zero-order valence-corrected chi connectivity index (χ0v) is 16.4. The summed E-state index contributed by atoms with van der Waals surface area (Å²) < 4.78 is 3.75. The second kappa shape index (κ2) is 7.33. The lowest BCUT2D eigenvalue weighted by atomic mass is 10.2. The first-order valence-electron chi connectivity index (χ1n) is 9.63. The van der Waals surface area contributed by atoms with E-state index >= 15 is 0 Å². The standard InChI is InChI=1S/C24H19N5O/c1-28-22-10-6-5-9-20(22)26-23(28)17-11-13-18(14-12-17)25-24(30)21-15-16-29(27-21)19-7-3-2-4-8-19/h2-16H,1H3,(H,25,30). The third-order valence-electron chi connectivity index (χ3n) is 5.03. The Balaban J connectivity index is 1.34. The molecule has 2 heterocycles. The molecule has 0 bridgehead atoms. The summed E-state index contributed by atoms with van der Waals surface area (Å²) in [6, 6.07) is 27.1. The summed E-state index contributed by atoms with van der Waals surface area (Å²) in [5.74, 6) is 0.635. The summed E-state index contributed by atoms with van der Waals surface area (Å²) in [5.41, 5.74) is 5.00. The molecule has 1 N–H and O–H groups in total. The molecule has 6 nitrogen and oxygen atoms in total. The number of nitrogens with zero attached hydrogens (tertiary/aromatic N) is 4. The van der Waals surface area contributed by atoms with Crippen LogP contribution in [0.2, 0.25) is 0 Å². The van der Waals surface area contributed by atoms with Gasteiger partial charge in [-0.05, 0) is 54.6 Å². The molecular weight excluding hydrogens is 374 g/mol. The zero-order chi connectivity index (χ0) is 20.5. The number of rotatable bonds is 4. The molecule has 0 saturated carbocycles. The van der Waals surface area contributed by atoms with Gasteiger partial charge in [-0.2, -0.15) is 5.10 Å². The highest BCUT2D eigenvalue weighted by Crippen LogP contribution is 2.25. The molecule has 3 aromatic carbocycles. The molecule has 30 heavy (non-hydrogen) atoms. The summed E-state index contributed by atoms with van der Waals surface area (Å²) in [7, 11) is 2.00. The first-order valence-corrected chi connectivity index (χ1v) is 9.63. The lowest BCUT2D eigenvalue weighted by Gasteiger charge is -2.06. The van der Waals surface area contributed by atoms with Crippen molar-refractivity contribution in [3.63, 3.8) is 0 Å². The minimum Gasteiger partial charge on any atom is -0.327 e. The van der Waals surface area contributed by atoms with Crippen molar-refractivity contribution in [1.29, 1.82) is 0 Å². The summed E-state index contributed by atoms with van der Waals surface area (Å²) in [6.45, 7) is 0. The number of anilines is 1. The van der Waals surface area contributed by atoms with Crippen molar-refractivity contribution in [3.8, 4) is 17.1 Å². The van der Waals surface area contributed by atoms with Crippen molar-refractivity contribution in [1.82, 2.24) is 19.3 Å². The van der Waals surface area contributed by atoms with Crippen LogP contribution in [-0.2, 0) is 7.05 Å². The Morgan fingerprint density at radius 2 is 1.60 bits per heavy atom. The smallest absolute Gasteiger partial charge is 0.276 e. The fourth-order valence-corrected chi connectivity index (χ4v) is 3.47. The molecule has 2 aromatic heterocycles. The van der Waals surface area contributed by atoms with Crippen molar-refractivity contribution in [2.75, 3.05) is 5.32 Å². The van der Waals surface area contributed by atoms with Gasteiger partial charge in [-0.1, -0.05) is 30.3 Å². The van der Waals surface area contributed by atoms with Gasteiger partial charge in [-0.3, -0.25) is 4.79 Å². The highest BCUT2D eigenvalue weighted by atomic mass is 16.1. The molecule has 146 valence electrons. The van der Waals surface area contributed by atoms with E-state index in [1.54, 1.807) is 16.9 Å². The van der Waals surface area contributed by atoms with Gasteiger partial charge in [0, 0.05) is 24.5 Å².